The van der Waals surface area contributed by atoms with Gasteiger partial charge >= 0.3 is 0 Å². The Bertz CT molecular complexity index is 638. The Morgan fingerprint density at radius 3 is 2.78 bits per heavy atom. The molecule has 0 saturated carbocycles. The molecule has 124 valence electrons. The number of amides is 1. The van der Waals surface area contributed by atoms with Crippen LogP contribution in [-0.2, 0) is 0 Å². The van der Waals surface area contributed by atoms with E-state index in [0.29, 0.717) is 0 Å². The summed E-state index contributed by atoms with van der Waals surface area (Å²) in [6, 6.07) is 3.80. The molecule has 4 rings (SSSR count). The number of rotatable bonds is 3. The number of thiophene rings is 1. The first-order valence-electron chi connectivity index (χ1n) is 8.49. The van der Waals surface area contributed by atoms with Gasteiger partial charge in [0.05, 0.1) is 15.8 Å². The predicted octanol–water partition coefficient (Wildman–Crippen LogP) is 2.25. The fourth-order valence-electron chi connectivity index (χ4n) is 3.59. The number of piperazine rings is 1. The first kappa shape index (κ1) is 15.2. The van der Waals surface area contributed by atoms with Crippen molar-refractivity contribution in [3.63, 3.8) is 0 Å². The minimum Gasteiger partial charge on any atom is -0.463 e. The largest absolute Gasteiger partial charge is 0.463 e. The van der Waals surface area contributed by atoms with Gasteiger partial charge in [0, 0.05) is 38.8 Å². The maximum Gasteiger partial charge on any atom is 0.264 e. The van der Waals surface area contributed by atoms with Crippen LogP contribution in [0, 0.1) is 5.92 Å². The molecule has 23 heavy (non-hydrogen) atoms. The zero-order valence-electron chi connectivity index (χ0n) is 13.3. The lowest BCUT2D eigenvalue weighted by Crippen LogP contribution is -2.50. The van der Waals surface area contributed by atoms with Gasteiger partial charge in [-0.05, 0) is 37.9 Å². The number of fused-ring (bicyclic) bond motifs is 1. The van der Waals surface area contributed by atoms with E-state index in [9.17, 15) is 4.79 Å². The van der Waals surface area contributed by atoms with Crippen molar-refractivity contribution in [2.75, 3.05) is 45.8 Å². The van der Waals surface area contributed by atoms with Crippen LogP contribution in [0.3, 0.4) is 0 Å². The Balaban J connectivity index is 1.31. The highest BCUT2D eigenvalue weighted by Crippen LogP contribution is 2.27. The molecule has 1 N–H and O–H groups in total. The number of piperidine rings is 1. The van der Waals surface area contributed by atoms with Gasteiger partial charge in [-0.3, -0.25) is 9.69 Å². The van der Waals surface area contributed by atoms with Gasteiger partial charge in [0.1, 0.15) is 5.58 Å². The molecule has 0 radical (unpaired) electrons. The summed E-state index contributed by atoms with van der Waals surface area (Å²) in [6.07, 6.45) is 4.25. The maximum atomic E-state index is 12.6. The molecule has 0 atom stereocenters. The molecule has 1 amide bonds. The van der Waals surface area contributed by atoms with Gasteiger partial charge in [-0.25, -0.2) is 0 Å². The molecule has 2 aromatic rings. The standard InChI is InChI=1S/C17H23N3O2S/c21-17(16-11-14-15(23-16)3-10-22-14)20-8-6-19(7-9-20)12-13-1-4-18-5-2-13/h3,10-11,13,18H,1-2,4-9,12H2. The van der Waals surface area contributed by atoms with Crippen LogP contribution in [-0.4, -0.2) is 61.5 Å². The second-order valence-corrected chi connectivity index (χ2v) is 7.63. The Kier molecular flexibility index (Phi) is 4.37. The van der Waals surface area contributed by atoms with Crippen LogP contribution in [0.15, 0.2) is 22.8 Å². The van der Waals surface area contributed by atoms with Gasteiger partial charge < -0.3 is 14.6 Å². The second-order valence-electron chi connectivity index (χ2n) is 6.55. The maximum absolute atomic E-state index is 12.6. The summed E-state index contributed by atoms with van der Waals surface area (Å²) in [5, 5.41) is 3.42. The highest BCUT2D eigenvalue weighted by atomic mass is 32.1. The van der Waals surface area contributed by atoms with E-state index in [1.165, 1.54) is 30.7 Å². The van der Waals surface area contributed by atoms with Crippen molar-refractivity contribution in [3.8, 4) is 0 Å². The predicted molar refractivity (Wildman–Crippen MR) is 92.0 cm³/mol. The lowest BCUT2D eigenvalue weighted by Gasteiger charge is -2.37. The van der Waals surface area contributed by atoms with Crippen molar-refractivity contribution in [1.82, 2.24) is 15.1 Å². The van der Waals surface area contributed by atoms with E-state index in [4.69, 9.17) is 4.42 Å². The molecule has 6 heteroatoms. The zero-order chi connectivity index (χ0) is 15.6. The van der Waals surface area contributed by atoms with Crippen molar-refractivity contribution in [2.24, 2.45) is 5.92 Å². The number of nitrogens with one attached hydrogen (secondary N) is 1. The van der Waals surface area contributed by atoms with Gasteiger partial charge in [-0.15, -0.1) is 11.3 Å². The Morgan fingerprint density at radius 2 is 2.04 bits per heavy atom. The molecule has 2 saturated heterocycles. The summed E-state index contributed by atoms with van der Waals surface area (Å²) in [7, 11) is 0. The van der Waals surface area contributed by atoms with Crippen molar-refractivity contribution in [3.05, 3.63) is 23.3 Å². The first-order chi connectivity index (χ1) is 11.3. The third-order valence-corrected chi connectivity index (χ3v) is 6.05. The van der Waals surface area contributed by atoms with Crippen molar-refractivity contribution < 1.29 is 9.21 Å². The molecule has 2 aromatic heterocycles. The summed E-state index contributed by atoms with van der Waals surface area (Å²) in [6.45, 7) is 7.17. The number of carbonyl (C=O) groups excluding carboxylic acids is 1. The van der Waals surface area contributed by atoms with Gasteiger partial charge in [-0.1, -0.05) is 0 Å². The molecular weight excluding hydrogens is 310 g/mol. The molecule has 2 aliphatic heterocycles. The normalized spacial score (nSPS) is 21.1. The van der Waals surface area contributed by atoms with Gasteiger partial charge in [0.15, 0.2) is 0 Å². The van der Waals surface area contributed by atoms with Gasteiger partial charge in [-0.2, -0.15) is 0 Å². The minimum absolute atomic E-state index is 0.155. The third kappa shape index (κ3) is 3.29. The fourth-order valence-corrected chi connectivity index (χ4v) is 4.54. The van der Waals surface area contributed by atoms with E-state index in [2.05, 4.69) is 10.2 Å². The van der Waals surface area contributed by atoms with Crippen LogP contribution >= 0.6 is 11.3 Å². The van der Waals surface area contributed by atoms with Crippen molar-refractivity contribution >= 4 is 27.5 Å². The number of hydrogen-bond acceptors (Lipinski definition) is 5. The monoisotopic (exact) mass is 333 g/mol. The van der Waals surface area contributed by atoms with Crippen LogP contribution in [0.5, 0.6) is 0 Å². The third-order valence-electron chi connectivity index (χ3n) is 4.98. The van der Waals surface area contributed by atoms with E-state index < -0.39 is 0 Å². The van der Waals surface area contributed by atoms with Gasteiger partial charge in [0.25, 0.3) is 5.91 Å². The number of furan rings is 1. The average Bonchev–Trinajstić information content (AvgIpc) is 3.17. The molecule has 0 aliphatic carbocycles. The number of carbonyl (C=O) groups is 1. The number of nitrogens with zero attached hydrogens (tertiary/aromatic N) is 2. The molecule has 0 spiro atoms. The molecule has 0 bridgehead atoms. The lowest BCUT2D eigenvalue weighted by atomic mass is 9.97. The molecule has 0 aromatic carbocycles. The summed E-state index contributed by atoms with van der Waals surface area (Å²) in [5.74, 6) is 0.977. The molecular formula is C17H23N3O2S. The van der Waals surface area contributed by atoms with Crippen LogP contribution in [0.4, 0.5) is 0 Å². The molecule has 5 nitrogen and oxygen atoms in total. The second kappa shape index (κ2) is 6.63. The summed E-state index contributed by atoms with van der Waals surface area (Å²) < 4.78 is 6.42. The number of hydrogen-bond donors (Lipinski definition) is 1. The molecule has 4 heterocycles. The average molecular weight is 333 g/mol. The van der Waals surface area contributed by atoms with E-state index in [1.54, 1.807) is 6.26 Å². The van der Waals surface area contributed by atoms with Crippen molar-refractivity contribution in [2.45, 2.75) is 12.8 Å². The van der Waals surface area contributed by atoms with E-state index >= 15 is 0 Å². The SMILES string of the molecule is O=C(c1cc2occc2s1)N1CCN(CC2CCNCC2)CC1. The highest BCUT2D eigenvalue weighted by molar-refractivity contribution is 7.20. The Labute approximate surface area is 140 Å². The Hall–Kier alpha value is -1.37. The molecule has 2 aliphatic rings. The summed E-state index contributed by atoms with van der Waals surface area (Å²) in [5.41, 5.74) is 0.822. The Morgan fingerprint density at radius 1 is 1.26 bits per heavy atom. The van der Waals surface area contributed by atoms with Gasteiger partial charge in [0.2, 0.25) is 0 Å². The first-order valence-corrected chi connectivity index (χ1v) is 9.30. The minimum atomic E-state index is 0.155. The van der Waals surface area contributed by atoms with Crippen LogP contribution in [0.25, 0.3) is 10.3 Å². The molecule has 2 fully saturated rings. The van der Waals surface area contributed by atoms with E-state index in [0.717, 1.165) is 60.3 Å². The smallest absolute Gasteiger partial charge is 0.264 e. The van der Waals surface area contributed by atoms with E-state index in [-0.39, 0.29) is 5.91 Å². The van der Waals surface area contributed by atoms with Crippen LogP contribution in [0.2, 0.25) is 0 Å². The topological polar surface area (TPSA) is 48.7 Å². The quantitative estimate of drug-likeness (QED) is 0.936. The lowest BCUT2D eigenvalue weighted by molar-refractivity contribution is 0.0613. The van der Waals surface area contributed by atoms with Crippen molar-refractivity contribution in [1.29, 1.82) is 0 Å². The van der Waals surface area contributed by atoms with Crippen LogP contribution < -0.4 is 5.32 Å². The summed E-state index contributed by atoms with van der Waals surface area (Å²) in [4.78, 5) is 17.9. The van der Waals surface area contributed by atoms with E-state index in [1.807, 2.05) is 17.0 Å². The fraction of sp³-hybridized carbons (Fsp3) is 0.588. The zero-order valence-corrected chi connectivity index (χ0v) is 14.1. The highest BCUT2D eigenvalue weighted by Gasteiger charge is 2.25. The summed E-state index contributed by atoms with van der Waals surface area (Å²) >= 11 is 1.53. The molecule has 0 unspecified atom stereocenters. The van der Waals surface area contributed by atoms with Crippen LogP contribution in [0.1, 0.15) is 22.5 Å².